The fraction of sp³-hybridized carbons (Fsp3) is 0.727. The molecule has 0 radical (unpaired) electrons. The number of carbonyl (C=O) groups excluding carboxylic acids is 3. The molecule has 0 aromatic carbocycles. The zero-order valence-electron chi connectivity index (χ0n) is 10.6. The van der Waals surface area contributed by atoms with Gasteiger partial charge in [-0.1, -0.05) is 6.92 Å². The topological polar surface area (TPSA) is 90.9 Å². The Kier molecular flexibility index (Phi) is 4.94. The first-order valence-electron chi connectivity index (χ1n) is 5.63. The molecule has 0 spiro atoms. The van der Waals surface area contributed by atoms with Gasteiger partial charge in [0.15, 0.2) is 6.04 Å². The summed E-state index contributed by atoms with van der Waals surface area (Å²) in [6.07, 6.45) is 0.699. The molecule has 102 valence electrons. The number of nitrogens with one attached hydrogen (secondary N) is 1. The number of methoxy groups -OCH3 is 2. The second-order valence-electron chi connectivity index (χ2n) is 3.88. The molecule has 1 rings (SSSR count). The van der Waals surface area contributed by atoms with E-state index in [-0.39, 0.29) is 13.0 Å². The number of ketones is 1. The Morgan fingerprint density at radius 3 is 2.44 bits per heavy atom. The van der Waals surface area contributed by atoms with Gasteiger partial charge in [-0.25, -0.2) is 4.79 Å². The maximum Gasteiger partial charge on any atom is 0.338 e. The highest BCUT2D eigenvalue weighted by Crippen LogP contribution is 2.20. The predicted molar refractivity (Wildman–Crippen MR) is 59.6 cm³/mol. The van der Waals surface area contributed by atoms with Crippen molar-refractivity contribution in [1.82, 2.24) is 5.32 Å². The third-order valence-corrected chi connectivity index (χ3v) is 2.74. The quantitative estimate of drug-likeness (QED) is 0.400. The van der Waals surface area contributed by atoms with Gasteiger partial charge in [-0.05, 0) is 6.42 Å². The van der Waals surface area contributed by atoms with Crippen molar-refractivity contribution in [3.05, 3.63) is 0 Å². The second-order valence-corrected chi connectivity index (χ2v) is 3.88. The lowest BCUT2D eigenvalue weighted by molar-refractivity contribution is -0.196. The minimum absolute atomic E-state index is 0.0283. The molecule has 1 heterocycles. The van der Waals surface area contributed by atoms with E-state index in [1.165, 1.54) is 14.2 Å². The average Bonchev–Trinajstić information content (AvgIpc) is 2.67. The summed E-state index contributed by atoms with van der Waals surface area (Å²) in [6.45, 7) is 1.81. The largest absolute Gasteiger partial charge is 0.392 e. The smallest absolute Gasteiger partial charge is 0.338 e. The first kappa shape index (κ1) is 14.7. The zero-order chi connectivity index (χ0) is 13.8. The first-order chi connectivity index (χ1) is 8.50. The van der Waals surface area contributed by atoms with Crippen molar-refractivity contribution in [2.45, 2.75) is 31.6 Å². The van der Waals surface area contributed by atoms with Crippen molar-refractivity contribution in [3.8, 4) is 0 Å². The normalized spacial score (nSPS) is 21.9. The summed E-state index contributed by atoms with van der Waals surface area (Å²) in [5.41, 5.74) is 0. The van der Waals surface area contributed by atoms with Crippen molar-refractivity contribution >= 4 is 17.7 Å². The van der Waals surface area contributed by atoms with Crippen LogP contribution in [0, 0.1) is 0 Å². The molecule has 1 aliphatic rings. The number of hydrogen-bond acceptors (Lipinski definition) is 7. The molecule has 0 aliphatic carbocycles. The van der Waals surface area contributed by atoms with E-state index < -0.39 is 29.6 Å². The molecule has 0 bridgehead atoms. The molecule has 1 fully saturated rings. The number of carbonyl (C=O) groups is 3. The van der Waals surface area contributed by atoms with E-state index in [1.807, 2.05) is 0 Å². The van der Waals surface area contributed by atoms with Crippen LogP contribution >= 0.6 is 0 Å². The van der Waals surface area contributed by atoms with Gasteiger partial charge in [-0.2, -0.15) is 0 Å². The van der Waals surface area contributed by atoms with E-state index >= 15 is 0 Å². The highest BCUT2D eigenvalue weighted by Gasteiger charge is 2.52. The van der Waals surface area contributed by atoms with Crippen LogP contribution in [0.2, 0.25) is 0 Å². The van der Waals surface area contributed by atoms with Gasteiger partial charge >= 0.3 is 11.9 Å². The van der Waals surface area contributed by atoms with Gasteiger partial charge in [0.05, 0.1) is 6.54 Å². The Morgan fingerprint density at radius 1 is 1.39 bits per heavy atom. The molecule has 0 aromatic heterocycles. The van der Waals surface area contributed by atoms with Gasteiger partial charge in [0.1, 0.15) is 0 Å². The number of Topliss-reactive ketones (excluding diaryl/α,β-unsaturated/α-hetero) is 1. The monoisotopic (exact) mass is 259 g/mol. The summed E-state index contributed by atoms with van der Waals surface area (Å²) < 4.78 is 14.5. The molecule has 0 saturated carbocycles. The van der Waals surface area contributed by atoms with Gasteiger partial charge in [0.2, 0.25) is 11.6 Å². The Balaban J connectivity index is 2.67. The Labute approximate surface area is 105 Å². The molecular formula is C11H17NO6. The summed E-state index contributed by atoms with van der Waals surface area (Å²) in [5.74, 6) is -3.65. The number of esters is 2. The van der Waals surface area contributed by atoms with E-state index in [0.29, 0.717) is 6.42 Å². The molecule has 7 heteroatoms. The Bertz CT molecular complexity index is 349. The molecule has 0 unspecified atom stereocenters. The minimum Gasteiger partial charge on any atom is -0.392 e. The van der Waals surface area contributed by atoms with E-state index in [1.54, 1.807) is 6.92 Å². The van der Waals surface area contributed by atoms with E-state index in [2.05, 4.69) is 10.1 Å². The van der Waals surface area contributed by atoms with Gasteiger partial charge in [-0.15, -0.1) is 0 Å². The lowest BCUT2D eigenvalue weighted by Gasteiger charge is -2.22. The van der Waals surface area contributed by atoms with Crippen LogP contribution in [-0.2, 0) is 28.6 Å². The second kappa shape index (κ2) is 6.03. The number of hydrogen-bond donors (Lipinski definition) is 1. The highest BCUT2D eigenvalue weighted by atomic mass is 16.7. The Hall–Kier alpha value is -1.31. The van der Waals surface area contributed by atoms with Crippen molar-refractivity contribution in [1.29, 1.82) is 0 Å². The predicted octanol–water partition coefficient (Wildman–Crippen LogP) is -0.614. The summed E-state index contributed by atoms with van der Waals surface area (Å²) in [7, 11) is 2.61. The van der Waals surface area contributed by atoms with E-state index in [9.17, 15) is 14.4 Å². The van der Waals surface area contributed by atoms with Crippen LogP contribution in [0.3, 0.4) is 0 Å². The lowest BCUT2D eigenvalue weighted by atomic mass is 10.1. The summed E-state index contributed by atoms with van der Waals surface area (Å²) in [4.78, 5) is 34.7. The van der Waals surface area contributed by atoms with Crippen molar-refractivity contribution in [3.63, 3.8) is 0 Å². The molecule has 0 aromatic rings. The summed E-state index contributed by atoms with van der Waals surface area (Å²) in [6, 6.07) is -1.23. The van der Waals surface area contributed by atoms with Crippen LogP contribution in [-0.4, -0.2) is 50.3 Å². The Morgan fingerprint density at radius 2 is 2.00 bits per heavy atom. The van der Waals surface area contributed by atoms with Gasteiger partial charge in [0.25, 0.3) is 0 Å². The summed E-state index contributed by atoms with van der Waals surface area (Å²) in [5, 5.41) is 2.62. The highest BCUT2D eigenvalue weighted by molar-refractivity contribution is 6.10. The van der Waals surface area contributed by atoms with Crippen LogP contribution < -0.4 is 5.32 Å². The van der Waals surface area contributed by atoms with Crippen LogP contribution in [0.15, 0.2) is 0 Å². The van der Waals surface area contributed by atoms with Crippen LogP contribution in [0.1, 0.15) is 19.8 Å². The van der Waals surface area contributed by atoms with Crippen LogP contribution in [0.5, 0.6) is 0 Å². The van der Waals surface area contributed by atoms with Crippen LogP contribution in [0.4, 0.5) is 0 Å². The SMILES string of the molecule is CCCC(=O)OC(=O)[C@H]1NCC(OC)(OC)C1=O. The molecular weight excluding hydrogens is 242 g/mol. The van der Waals surface area contributed by atoms with Crippen LogP contribution in [0.25, 0.3) is 0 Å². The average molecular weight is 259 g/mol. The number of ether oxygens (including phenoxy) is 3. The maximum absolute atomic E-state index is 11.9. The molecule has 1 saturated heterocycles. The van der Waals surface area contributed by atoms with E-state index in [4.69, 9.17) is 9.47 Å². The molecule has 0 amide bonds. The first-order valence-corrected chi connectivity index (χ1v) is 5.63. The third kappa shape index (κ3) is 2.74. The maximum atomic E-state index is 11.9. The molecule has 1 aliphatic heterocycles. The molecule has 1 atom stereocenters. The van der Waals surface area contributed by atoms with Gasteiger partial charge in [0, 0.05) is 20.6 Å². The molecule has 1 N–H and O–H groups in total. The molecule has 18 heavy (non-hydrogen) atoms. The minimum atomic E-state index is -1.49. The fourth-order valence-corrected chi connectivity index (χ4v) is 1.68. The van der Waals surface area contributed by atoms with Crippen molar-refractivity contribution < 1.29 is 28.6 Å². The van der Waals surface area contributed by atoms with Crippen molar-refractivity contribution in [2.24, 2.45) is 0 Å². The van der Waals surface area contributed by atoms with Crippen molar-refractivity contribution in [2.75, 3.05) is 20.8 Å². The van der Waals surface area contributed by atoms with Gasteiger partial charge in [-0.3, -0.25) is 14.9 Å². The zero-order valence-corrected chi connectivity index (χ0v) is 10.6. The number of rotatable bonds is 5. The molecule has 7 nitrogen and oxygen atoms in total. The standard InChI is InChI=1S/C11H17NO6/c1-4-5-7(13)18-10(15)8-9(14)11(16-2,17-3)6-12-8/h8,12H,4-6H2,1-3H3/t8-/m0/s1. The summed E-state index contributed by atoms with van der Waals surface area (Å²) >= 11 is 0. The van der Waals surface area contributed by atoms with E-state index in [0.717, 1.165) is 0 Å². The lowest BCUT2D eigenvalue weighted by Crippen LogP contribution is -2.45. The third-order valence-electron chi connectivity index (χ3n) is 2.74. The fourth-order valence-electron chi connectivity index (χ4n) is 1.68. The van der Waals surface area contributed by atoms with Gasteiger partial charge < -0.3 is 14.2 Å².